The van der Waals surface area contributed by atoms with Gasteiger partial charge in [-0.25, -0.2) is 0 Å². The van der Waals surface area contributed by atoms with Crippen molar-refractivity contribution in [2.75, 3.05) is 12.4 Å². The van der Waals surface area contributed by atoms with E-state index in [-0.39, 0.29) is 12.5 Å². The fraction of sp³-hybridized carbons (Fsp3) is 0.182. The first-order valence-corrected chi connectivity index (χ1v) is 8.95. The van der Waals surface area contributed by atoms with Gasteiger partial charge in [-0.1, -0.05) is 25.1 Å². The van der Waals surface area contributed by atoms with E-state index in [1.165, 1.54) is 5.56 Å². The van der Waals surface area contributed by atoms with Gasteiger partial charge >= 0.3 is 0 Å². The lowest BCUT2D eigenvalue weighted by Crippen LogP contribution is -2.39. The predicted molar refractivity (Wildman–Crippen MR) is 105 cm³/mol. The van der Waals surface area contributed by atoms with Crippen molar-refractivity contribution in [3.05, 3.63) is 66.5 Å². The van der Waals surface area contributed by atoms with Crippen molar-refractivity contribution in [1.82, 2.24) is 0 Å². The molecule has 5 nitrogen and oxygen atoms in total. The van der Waals surface area contributed by atoms with E-state index in [1.54, 1.807) is 7.11 Å². The number of anilines is 1. The van der Waals surface area contributed by atoms with Crippen molar-refractivity contribution >= 4 is 33.5 Å². The highest BCUT2D eigenvalue weighted by Crippen LogP contribution is 2.36. The average molecular weight is 361 g/mol. The van der Waals surface area contributed by atoms with Gasteiger partial charge < -0.3 is 14.5 Å². The minimum absolute atomic E-state index is 0.127. The van der Waals surface area contributed by atoms with Gasteiger partial charge in [0, 0.05) is 29.0 Å². The number of nitrogens with zero attached hydrogens (tertiary/aromatic N) is 1. The Morgan fingerprint density at radius 3 is 2.59 bits per heavy atom. The molecule has 2 aromatic carbocycles. The highest BCUT2D eigenvalue weighted by molar-refractivity contribution is 6.07. The number of hydrogen-bond donors (Lipinski definition) is 1. The molecule has 2 heterocycles. The van der Waals surface area contributed by atoms with Crippen molar-refractivity contribution in [1.29, 1.82) is 0 Å². The van der Waals surface area contributed by atoms with E-state index in [0.717, 1.165) is 22.8 Å². The van der Waals surface area contributed by atoms with Crippen molar-refractivity contribution in [2.24, 2.45) is 0 Å². The molecular formula is C22H21N2O3+. The predicted octanol–water partition coefficient (Wildman–Crippen LogP) is 4.08. The van der Waals surface area contributed by atoms with Crippen LogP contribution in [0.2, 0.25) is 0 Å². The highest BCUT2D eigenvalue weighted by Gasteiger charge is 2.16. The van der Waals surface area contributed by atoms with Gasteiger partial charge in [0.15, 0.2) is 12.4 Å². The molecule has 0 aliphatic heterocycles. The molecule has 4 aromatic rings. The lowest BCUT2D eigenvalue weighted by molar-refractivity contribution is -0.684. The summed E-state index contributed by atoms with van der Waals surface area (Å²) in [7, 11) is 1.59. The van der Waals surface area contributed by atoms with Crippen LogP contribution in [0.4, 0.5) is 5.69 Å². The van der Waals surface area contributed by atoms with Crippen LogP contribution in [0.1, 0.15) is 12.5 Å². The van der Waals surface area contributed by atoms with Crippen molar-refractivity contribution in [3.8, 4) is 5.75 Å². The Morgan fingerprint density at radius 1 is 1.07 bits per heavy atom. The number of fused-ring (bicyclic) bond motifs is 3. The molecule has 0 fully saturated rings. The third-order valence-corrected chi connectivity index (χ3v) is 4.67. The molecule has 0 bridgehead atoms. The molecule has 1 amide bonds. The second-order valence-electron chi connectivity index (χ2n) is 6.43. The third-order valence-electron chi connectivity index (χ3n) is 4.67. The standard InChI is InChI=1S/C22H20N2O3/c1-3-15-8-10-24(11-9-15)14-22(25)23-18-13-20-17(12-21(18)26-2)16-6-4-5-7-19(16)27-20/h4-13H,3,14H2,1-2H3/p+1. The zero-order valence-electron chi connectivity index (χ0n) is 15.4. The number of pyridine rings is 1. The molecule has 27 heavy (non-hydrogen) atoms. The quantitative estimate of drug-likeness (QED) is 0.545. The van der Waals surface area contributed by atoms with Gasteiger partial charge in [-0.15, -0.1) is 0 Å². The molecule has 0 aliphatic carbocycles. The molecule has 0 radical (unpaired) electrons. The molecule has 0 atom stereocenters. The van der Waals surface area contributed by atoms with Crippen molar-refractivity contribution in [3.63, 3.8) is 0 Å². The van der Waals surface area contributed by atoms with Gasteiger partial charge in [-0.3, -0.25) is 4.79 Å². The molecule has 2 aromatic heterocycles. The highest BCUT2D eigenvalue weighted by atomic mass is 16.5. The summed E-state index contributed by atoms with van der Waals surface area (Å²) in [6.07, 6.45) is 4.80. The number of ether oxygens (including phenoxy) is 1. The van der Waals surface area contributed by atoms with Crippen LogP contribution in [0.5, 0.6) is 5.75 Å². The van der Waals surface area contributed by atoms with Crippen LogP contribution in [-0.4, -0.2) is 13.0 Å². The largest absolute Gasteiger partial charge is 0.495 e. The smallest absolute Gasteiger partial charge is 0.290 e. The average Bonchev–Trinajstić information content (AvgIpc) is 3.05. The number of furan rings is 1. The number of nitrogens with one attached hydrogen (secondary N) is 1. The van der Waals surface area contributed by atoms with Gasteiger partial charge in [0.2, 0.25) is 6.54 Å². The number of aromatic nitrogens is 1. The summed E-state index contributed by atoms with van der Waals surface area (Å²) in [6, 6.07) is 15.6. The van der Waals surface area contributed by atoms with Gasteiger partial charge in [0.25, 0.3) is 5.91 Å². The van der Waals surface area contributed by atoms with Crippen molar-refractivity contribution < 1.29 is 18.5 Å². The first kappa shape index (κ1) is 17.1. The Kier molecular flexibility index (Phi) is 4.50. The Hall–Kier alpha value is -3.34. The molecule has 5 heteroatoms. The van der Waals surface area contributed by atoms with Crippen LogP contribution in [-0.2, 0) is 17.8 Å². The van der Waals surface area contributed by atoms with Crippen LogP contribution >= 0.6 is 0 Å². The van der Waals surface area contributed by atoms with E-state index in [9.17, 15) is 4.79 Å². The maximum Gasteiger partial charge on any atom is 0.290 e. The summed E-state index contributed by atoms with van der Waals surface area (Å²) < 4.78 is 13.2. The molecule has 0 unspecified atom stereocenters. The topological polar surface area (TPSA) is 55.3 Å². The summed E-state index contributed by atoms with van der Waals surface area (Å²) >= 11 is 0. The van der Waals surface area contributed by atoms with Crippen molar-refractivity contribution in [2.45, 2.75) is 19.9 Å². The molecule has 0 saturated carbocycles. The molecule has 0 aliphatic rings. The van der Waals surface area contributed by atoms with E-state index in [1.807, 2.05) is 65.5 Å². The van der Waals surface area contributed by atoms with E-state index in [2.05, 4.69) is 12.2 Å². The first-order valence-electron chi connectivity index (χ1n) is 8.95. The fourth-order valence-electron chi connectivity index (χ4n) is 3.20. The van der Waals surface area contributed by atoms with E-state index >= 15 is 0 Å². The van der Waals surface area contributed by atoms with Gasteiger partial charge in [-0.05, 0) is 24.1 Å². The Balaban J connectivity index is 1.61. The number of hydrogen-bond acceptors (Lipinski definition) is 3. The maximum absolute atomic E-state index is 12.5. The number of amides is 1. The molecule has 1 N–H and O–H groups in total. The number of benzene rings is 2. The van der Waals surface area contributed by atoms with Gasteiger partial charge in [-0.2, -0.15) is 4.57 Å². The fourth-order valence-corrected chi connectivity index (χ4v) is 3.20. The molecule has 4 rings (SSSR count). The SMILES string of the molecule is CCc1cc[n+](CC(=O)Nc2cc3oc4ccccc4c3cc2OC)cc1. The van der Waals surface area contributed by atoms with Crippen LogP contribution in [0, 0.1) is 0 Å². The number of carbonyl (C=O) groups is 1. The first-order chi connectivity index (χ1) is 13.2. The number of rotatable bonds is 5. The number of aryl methyl sites for hydroxylation is 1. The lowest BCUT2D eigenvalue weighted by atomic mass is 10.1. The Bertz CT molecular complexity index is 1110. The van der Waals surface area contributed by atoms with Crippen LogP contribution in [0.25, 0.3) is 21.9 Å². The van der Waals surface area contributed by atoms with Crippen LogP contribution in [0.15, 0.2) is 65.3 Å². The number of carbonyl (C=O) groups excluding carboxylic acids is 1. The van der Waals surface area contributed by atoms with E-state index in [0.29, 0.717) is 17.0 Å². The lowest BCUT2D eigenvalue weighted by Gasteiger charge is -2.09. The second-order valence-corrected chi connectivity index (χ2v) is 6.43. The number of methoxy groups -OCH3 is 1. The zero-order chi connectivity index (χ0) is 18.8. The molecule has 0 saturated heterocycles. The normalized spacial score (nSPS) is 11.0. The molecule has 136 valence electrons. The van der Waals surface area contributed by atoms with E-state index < -0.39 is 0 Å². The molecule has 0 spiro atoms. The second kappa shape index (κ2) is 7.11. The Labute approximate surface area is 157 Å². The summed E-state index contributed by atoms with van der Waals surface area (Å²) in [4.78, 5) is 12.5. The summed E-state index contributed by atoms with van der Waals surface area (Å²) in [5.41, 5.74) is 3.36. The third kappa shape index (κ3) is 3.36. The molecular weight excluding hydrogens is 340 g/mol. The minimum atomic E-state index is -0.127. The van der Waals surface area contributed by atoms with E-state index in [4.69, 9.17) is 9.15 Å². The maximum atomic E-state index is 12.5. The number of para-hydroxylation sites is 1. The van der Waals surface area contributed by atoms with Crippen LogP contribution in [0.3, 0.4) is 0 Å². The van der Waals surface area contributed by atoms with Crippen LogP contribution < -0.4 is 14.6 Å². The summed E-state index contributed by atoms with van der Waals surface area (Å²) in [5, 5.41) is 4.92. The van der Waals surface area contributed by atoms with Gasteiger partial charge in [0.05, 0.1) is 12.8 Å². The Morgan fingerprint density at radius 2 is 1.85 bits per heavy atom. The summed E-state index contributed by atoms with van der Waals surface area (Å²) in [5.74, 6) is 0.478. The minimum Gasteiger partial charge on any atom is -0.495 e. The van der Waals surface area contributed by atoms with Gasteiger partial charge in [0.1, 0.15) is 16.9 Å². The monoisotopic (exact) mass is 361 g/mol. The zero-order valence-corrected chi connectivity index (χ0v) is 15.4. The summed E-state index contributed by atoms with van der Waals surface area (Å²) in [6.45, 7) is 2.33.